The predicted molar refractivity (Wildman–Crippen MR) is 43.5 cm³/mol. The first-order chi connectivity index (χ1) is 5.24. The zero-order chi connectivity index (χ0) is 8.27. The van der Waals surface area contributed by atoms with Gasteiger partial charge in [-0.05, 0) is 17.7 Å². The Morgan fingerprint density at radius 2 is 1.83 bits per heavy atom. The van der Waals surface area contributed by atoms with Crippen LogP contribution in [0.3, 0.4) is 0 Å². The van der Waals surface area contributed by atoms with E-state index in [4.69, 9.17) is 5.11 Å². The van der Waals surface area contributed by atoms with Gasteiger partial charge < -0.3 is 5.11 Å². The third kappa shape index (κ3) is 2.66. The number of carboxylic acid groups (broad SMARTS) is 1. The minimum Gasteiger partial charge on any atom is -0.478 e. The van der Waals surface area contributed by atoms with Crippen molar-refractivity contribution < 1.29 is 32.3 Å². The van der Waals surface area contributed by atoms with E-state index in [9.17, 15) is 4.79 Å². The van der Waals surface area contributed by atoms with Gasteiger partial charge in [-0.3, -0.25) is 0 Å². The van der Waals surface area contributed by atoms with Crippen LogP contribution >= 0.6 is 0 Å². The summed E-state index contributed by atoms with van der Waals surface area (Å²) in [4.78, 5) is 10.4. The predicted octanol–water partition coefficient (Wildman–Crippen LogP) is 2.03. The van der Waals surface area contributed by atoms with Crippen molar-refractivity contribution >= 4 is 12.0 Å². The molecule has 1 aromatic rings. The molecule has 0 unspecified atom stereocenters. The minimum atomic E-state index is -0.902. The molecule has 1 radical (unpaired) electrons. The topological polar surface area (TPSA) is 37.3 Å². The van der Waals surface area contributed by atoms with Crippen molar-refractivity contribution in [1.29, 1.82) is 0 Å². The summed E-state index contributed by atoms with van der Waals surface area (Å²) in [5.41, 5.74) is 1.23. The van der Waals surface area contributed by atoms with Crippen molar-refractivity contribution in [2.45, 2.75) is 0 Å². The number of aromatic carboxylic acids is 1. The Morgan fingerprint density at radius 3 is 2.17 bits per heavy atom. The van der Waals surface area contributed by atoms with Gasteiger partial charge in [0.15, 0.2) is 0 Å². The van der Waals surface area contributed by atoms with Crippen LogP contribution in [0.1, 0.15) is 15.9 Å². The first-order valence-corrected chi connectivity index (χ1v) is 3.20. The van der Waals surface area contributed by atoms with Crippen molar-refractivity contribution in [1.82, 2.24) is 0 Å². The van der Waals surface area contributed by atoms with Crippen LogP contribution in [0.2, 0.25) is 0 Å². The number of rotatable bonds is 2. The number of carboxylic acids is 1. The Labute approximate surface area is 86.4 Å². The monoisotopic (exact) mass is 255 g/mol. The second-order valence-corrected chi connectivity index (χ2v) is 2.13. The summed E-state index contributed by atoms with van der Waals surface area (Å²) in [6, 6.07) is 6.55. The van der Waals surface area contributed by atoms with Gasteiger partial charge in [0.1, 0.15) is 0 Å². The van der Waals surface area contributed by atoms with Crippen molar-refractivity contribution in [3.05, 3.63) is 42.0 Å². The van der Waals surface area contributed by atoms with E-state index in [0.717, 1.165) is 5.56 Å². The van der Waals surface area contributed by atoms with Crippen LogP contribution in [0.25, 0.3) is 6.08 Å². The molecular weight excluding hydrogens is 248 g/mol. The van der Waals surface area contributed by atoms with Crippen LogP contribution in [-0.2, 0) is 22.4 Å². The second-order valence-electron chi connectivity index (χ2n) is 2.13. The van der Waals surface area contributed by atoms with Gasteiger partial charge in [-0.1, -0.05) is 24.8 Å². The smallest absolute Gasteiger partial charge is 0.335 e. The third-order valence-corrected chi connectivity index (χ3v) is 1.39. The molecule has 1 N–H and O–H groups in total. The Balaban J connectivity index is 0.00000121. The summed E-state index contributed by atoms with van der Waals surface area (Å²) < 4.78 is 0. The van der Waals surface area contributed by atoms with Crippen LogP contribution in [0, 0.1) is 0 Å². The molecule has 67 valence electrons. The molecule has 0 heterocycles. The average molecular weight is 256 g/mol. The fourth-order valence-electron chi connectivity index (χ4n) is 0.762. The summed E-state index contributed by atoms with van der Waals surface area (Å²) in [7, 11) is 0. The molecule has 1 aromatic carbocycles. The van der Waals surface area contributed by atoms with Gasteiger partial charge in [0, 0.05) is 22.4 Å². The molecule has 0 fully saturated rings. The molecule has 1 rings (SSSR count). The SMILES string of the molecule is C=Cc1ccc(C(=O)O)cc1.[Ag]. The van der Waals surface area contributed by atoms with Crippen LogP contribution in [0.5, 0.6) is 0 Å². The van der Waals surface area contributed by atoms with Gasteiger partial charge in [0.05, 0.1) is 5.56 Å². The Bertz CT molecular complexity index is 277. The van der Waals surface area contributed by atoms with Crippen molar-refractivity contribution in [2.24, 2.45) is 0 Å². The largest absolute Gasteiger partial charge is 0.478 e. The molecule has 2 nitrogen and oxygen atoms in total. The van der Waals surface area contributed by atoms with E-state index in [0.29, 0.717) is 5.56 Å². The van der Waals surface area contributed by atoms with Crippen LogP contribution < -0.4 is 0 Å². The van der Waals surface area contributed by atoms with Gasteiger partial charge in [0.25, 0.3) is 0 Å². The molecular formula is C9H8AgO2. The molecule has 0 spiro atoms. The van der Waals surface area contributed by atoms with Crippen LogP contribution in [-0.4, -0.2) is 11.1 Å². The van der Waals surface area contributed by atoms with Gasteiger partial charge in [0.2, 0.25) is 0 Å². The first-order valence-electron chi connectivity index (χ1n) is 3.20. The second kappa shape index (κ2) is 4.93. The molecule has 0 saturated heterocycles. The molecule has 0 aliphatic heterocycles. The molecule has 0 saturated carbocycles. The average Bonchev–Trinajstić information content (AvgIpc) is 2.05. The van der Waals surface area contributed by atoms with E-state index in [1.54, 1.807) is 30.3 Å². The maximum Gasteiger partial charge on any atom is 0.335 e. The van der Waals surface area contributed by atoms with Gasteiger partial charge in [-0.2, -0.15) is 0 Å². The molecule has 0 amide bonds. The Kier molecular flexibility index (Phi) is 4.59. The zero-order valence-corrected chi connectivity index (χ0v) is 7.73. The minimum absolute atomic E-state index is 0. The van der Waals surface area contributed by atoms with Crippen LogP contribution in [0.4, 0.5) is 0 Å². The molecule has 0 aromatic heterocycles. The molecule has 0 atom stereocenters. The summed E-state index contributed by atoms with van der Waals surface area (Å²) in [5, 5.41) is 8.52. The molecule has 0 bridgehead atoms. The van der Waals surface area contributed by atoms with Crippen molar-refractivity contribution in [3.63, 3.8) is 0 Å². The van der Waals surface area contributed by atoms with Crippen molar-refractivity contribution in [3.8, 4) is 0 Å². The standard InChI is InChI=1S/C9H8O2.Ag/c1-2-7-3-5-8(6-4-7)9(10)11;/h2-6H,1H2,(H,10,11);. The number of hydrogen-bond acceptors (Lipinski definition) is 1. The zero-order valence-electron chi connectivity index (χ0n) is 6.25. The summed E-state index contributed by atoms with van der Waals surface area (Å²) >= 11 is 0. The number of carbonyl (C=O) groups is 1. The third-order valence-electron chi connectivity index (χ3n) is 1.39. The maximum atomic E-state index is 10.4. The quantitative estimate of drug-likeness (QED) is 0.822. The molecule has 0 aliphatic carbocycles. The van der Waals surface area contributed by atoms with Gasteiger partial charge in [-0.15, -0.1) is 0 Å². The Hall–Kier alpha value is -0.830. The molecule has 0 aliphatic rings. The van der Waals surface area contributed by atoms with Gasteiger partial charge >= 0.3 is 5.97 Å². The van der Waals surface area contributed by atoms with E-state index in [-0.39, 0.29) is 22.4 Å². The maximum absolute atomic E-state index is 10.4. The normalized spacial score (nSPS) is 8.33. The summed E-state index contributed by atoms with van der Waals surface area (Å²) in [6.07, 6.45) is 1.67. The van der Waals surface area contributed by atoms with Gasteiger partial charge in [-0.25, -0.2) is 4.79 Å². The fourth-order valence-corrected chi connectivity index (χ4v) is 0.762. The Morgan fingerprint density at radius 1 is 1.33 bits per heavy atom. The fraction of sp³-hybridized carbons (Fsp3) is 0. The van der Waals surface area contributed by atoms with Crippen molar-refractivity contribution in [2.75, 3.05) is 0 Å². The van der Waals surface area contributed by atoms with E-state index in [1.807, 2.05) is 0 Å². The number of benzene rings is 1. The molecule has 3 heteroatoms. The summed E-state index contributed by atoms with van der Waals surface area (Å²) in [5.74, 6) is -0.902. The molecule has 12 heavy (non-hydrogen) atoms. The summed E-state index contributed by atoms with van der Waals surface area (Å²) in [6.45, 7) is 3.56. The van der Waals surface area contributed by atoms with E-state index >= 15 is 0 Å². The van der Waals surface area contributed by atoms with E-state index in [1.165, 1.54) is 0 Å². The number of hydrogen-bond donors (Lipinski definition) is 1. The van der Waals surface area contributed by atoms with E-state index < -0.39 is 5.97 Å². The first kappa shape index (κ1) is 11.2. The van der Waals surface area contributed by atoms with E-state index in [2.05, 4.69) is 6.58 Å². The van der Waals surface area contributed by atoms with Crippen LogP contribution in [0.15, 0.2) is 30.8 Å².